The van der Waals surface area contributed by atoms with Crippen LogP contribution in [0.25, 0.3) is 0 Å². The molecular formula is C14H25N. The van der Waals surface area contributed by atoms with Crippen molar-refractivity contribution in [3.05, 3.63) is 0 Å². The maximum absolute atomic E-state index is 3.52. The molecule has 0 radical (unpaired) electrons. The fourth-order valence-corrected chi connectivity index (χ4v) is 2.43. The lowest BCUT2D eigenvalue weighted by molar-refractivity contribution is 0.263. The molecule has 0 aromatic heterocycles. The Labute approximate surface area is 95.0 Å². The molecule has 0 bridgehead atoms. The molecule has 0 aromatic carbocycles. The third-order valence-electron chi connectivity index (χ3n) is 3.58. The molecule has 0 unspecified atom stereocenters. The highest BCUT2D eigenvalue weighted by molar-refractivity contribution is 4.95. The Morgan fingerprint density at radius 2 is 1.80 bits per heavy atom. The second-order valence-electron chi connectivity index (χ2n) is 4.68. The molecule has 0 aliphatic heterocycles. The molecule has 86 valence electrons. The van der Waals surface area contributed by atoms with Crippen molar-refractivity contribution >= 4 is 0 Å². The second-order valence-corrected chi connectivity index (χ2v) is 4.68. The van der Waals surface area contributed by atoms with E-state index in [1.165, 1.54) is 38.6 Å². The van der Waals surface area contributed by atoms with Gasteiger partial charge in [-0.2, -0.15) is 0 Å². The smallest absolute Gasteiger partial charge is 0.0214 e. The average molecular weight is 207 g/mol. The highest BCUT2D eigenvalue weighted by Crippen LogP contribution is 2.29. The molecule has 1 fully saturated rings. The van der Waals surface area contributed by atoms with E-state index in [2.05, 4.69) is 24.1 Å². The Morgan fingerprint density at radius 1 is 1.13 bits per heavy atom. The molecular weight excluding hydrogens is 182 g/mol. The second kappa shape index (κ2) is 7.77. The molecule has 1 rings (SSSR count). The van der Waals surface area contributed by atoms with Crippen molar-refractivity contribution in [2.45, 2.75) is 52.4 Å². The van der Waals surface area contributed by atoms with E-state index in [-0.39, 0.29) is 0 Å². The fourth-order valence-electron chi connectivity index (χ4n) is 2.43. The van der Waals surface area contributed by atoms with Gasteiger partial charge in [0, 0.05) is 13.0 Å². The van der Waals surface area contributed by atoms with Crippen molar-refractivity contribution in [1.82, 2.24) is 5.32 Å². The maximum atomic E-state index is 3.52. The molecule has 1 nitrogen and oxygen atoms in total. The van der Waals surface area contributed by atoms with Crippen LogP contribution in [0.2, 0.25) is 0 Å². The van der Waals surface area contributed by atoms with Gasteiger partial charge in [-0.25, -0.2) is 0 Å². The summed E-state index contributed by atoms with van der Waals surface area (Å²) >= 11 is 0. The summed E-state index contributed by atoms with van der Waals surface area (Å²) in [7, 11) is 0. The van der Waals surface area contributed by atoms with Gasteiger partial charge >= 0.3 is 0 Å². The minimum Gasteiger partial charge on any atom is -0.316 e. The molecule has 1 saturated carbocycles. The molecule has 0 heterocycles. The van der Waals surface area contributed by atoms with E-state index in [9.17, 15) is 0 Å². The number of nitrogens with one attached hydrogen (secondary N) is 1. The first kappa shape index (κ1) is 12.6. The van der Waals surface area contributed by atoms with Crippen molar-refractivity contribution in [2.24, 2.45) is 11.8 Å². The third kappa shape index (κ3) is 5.23. The minimum absolute atomic E-state index is 0.933. The van der Waals surface area contributed by atoms with E-state index in [0.717, 1.165) is 24.8 Å². The predicted molar refractivity (Wildman–Crippen MR) is 66.7 cm³/mol. The molecule has 0 aromatic rings. The monoisotopic (exact) mass is 207 g/mol. The molecule has 1 heteroatoms. The molecule has 0 saturated heterocycles. The normalized spacial score (nSPS) is 25.7. The summed E-state index contributed by atoms with van der Waals surface area (Å²) in [5.41, 5.74) is 0. The summed E-state index contributed by atoms with van der Waals surface area (Å²) in [6, 6.07) is 0. The summed E-state index contributed by atoms with van der Waals surface area (Å²) in [4.78, 5) is 0. The quantitative estimate of drug-likeness (QED) is 0.539. The summed E-state index contributed by atoms with van der Waals surface area (Å²) in [5.74, 6) is 7.97. The topological polar surface area (TPSA) is 12.0 Å². The Hall–Kier alpha value is -0.480. The van der Waals surface area contributed by atoms with Crippen LogP contribution < -0.4 is 5.32 Å². The molecule has 0 atom stereocenters. The van der Waals surface area contributed by atoms with Crippen LogP contribution in [0.3, 0.4) is 0 Å². The van der Waals surface area contributed by atoms with Gasteiger partial charge in [0.25, 0.3) is 0 Å². The van der Waals surface area contributed by atoms with Crippen LogP contribution in [-0.4, -0.2) is 13.1 Å². The zero-order valence-electron chi connectivity index (χ0n) is 10.3. The summed E-state index contributed by atoms with van der Waals surface area (Å²) in [6.07, 6.45) is 8.16. The van der Waals surface area contributed by atoms with Gasteiger partial charge in [-0.3, -0.25) is 0 Å². The van der Waals surface area contributed by atoms with Crippen molar-refractivity contribution in [2.75, 3.05) is 13.1 Å². The first-order valence-electron chi connectivity index (χ1n) is 6.47. The first-order valence-corrected chi connectivity index (χ1v) is 6.47. The van der Waals surface area contributed by atoms with Crippen LogP contribution in [0.15, 0.2) is 0 Å². The zero-order chi connectivity index (χ0) is 10.9. The van der Waals surface area contributed by atoms with Gasteiger partial charge < -0.3 is 5.32 Å². The lowest BCUT2D eigenvalue weighted by atomic mass is 9.81. The lowest BCUT2D eigenvalue weighted by Crippen LogP contribution is -2.27. The Balaban J connectivity index is 2.00. The van der Waals surface area contributed by atoms with Gasteiger partial charge in [-0.15, -0.1) is 11.8 Å². The first-order chi connectivity index (χ1) is 7.36. The molecule has 1 N–H and O–H groups in total. The van der Waals surface area contributed by atoms with E-state index in [1.54, 1.807) is 0 Å². The predicted octanol–water partition coefficient (Wildman–Crippen LogP) is 3.21. The van der Waals surface area contributed by atoms with Crippen LogP contribution in [0.4, 0.5) is 0 Å². The number of hydrogen-bond acceptors (Lipinski definition) is 1. The van der Waals surface area contributed by atoms with Gasteiger partial charge in [-0.05, 0) is 38.1 Å². The maximum Gasteiger partial charge on any atom is 0.0214 e. The SMILES string of the molecule is CC#CCCNCC1CCC(CC)CC1. The standard InChI is InChI=1S/C14H25N/c1-3-5-6-11-15-12-14-9-7-13(4-2)8-10-14/h13-15H,4,6-12H2,1-2H3. The van der Waals surface area contributed by atoms with Gasteiger partial charge in [-0.1, -0.05) is 26.2 Å². The fraction of sp³-hybridized carbons (Fsp3) is 0.857. The van der Waals surface area contributed by atoms with Crippen molar-refractivity contribution in [3.63, 3.8) is 0 Å². The highest BCUT2D eigenvalue weighted by atomic mass is 14.8. The number of hydrogen-bond donors (Lipinski definition) is 1. The summed E-state index contributed by atoms with van der Waals surface area (Å²) in [5, 5.41) is 3.52. The van der Waals surface area contributed by atoms with Crippen molar-refractivity contribution in [3.8, 4) is 11.8 Å². The zero-order valence-corrected chi connectivity index (χ0v) is 10.3. The van der Waals surface area contributed by atoms with Crippen molar-refractivity contribution in [1.29, 1.82) is 0 Å². The van der Waals surface area contributed by atoms with E-state index in [4.69, 9.17) is 0 Å². The van der Waals surface area contributed by atoms with Crippen LogP contribution in [-0.2, 0) is 0 Å². The van der Waals surface area contributed by atoms with E-state index >= 15 is 0 Å². The molecule has 0 spiro atoms. The van der Waals surface area contributed by atoms with Gasteiger partial charge in [0.1, 0.15) is 0 Å². The average Bonchev–Trinajstić information content (AvgIpc) is 2.30. The highest BCUT2D eigenvalue weighted by Gasteiger charge is 2.19. The Bertz CT molecular complexity index is 203. The summed E-state index contributed by atoms with van der Waals surface area (Å²) in [6.45, 7) is 6.51. The van der Waals surface area contributed by atoms with Crippen LogP contribution in [0, 0.1) is 23.7 Å². The van der Waals surface area contributed by atoms with E-state index in [1.807, 2.05) is 6.92 Å². The lowest BCUT2D eigenvalue weighted by Gasteiger charge is -2.27. The molecule has 15 heavy (non-hydrogen) atoms. The summed E-state index contributed by atoms with van der Waals surface area (Å²) < 4.78 is 0. The van der Waals surface area contributed by atoms with Gasteiger partial charge in [0.05, 0.1) is 0 Å². The van der Waals surface area contributed by atoms with Crippen molar-refractivity contribution < 1.29 is 0 Å². The van der Waals surface area contributed by atoms with E-state index in [0.29, 0.717) is 0 Å². The number of rotatable bonds is 5. The molecule has 0 amide bonds. The molecule has 1 aliphatic rings. The van der Waals surface area contributed by atoms with Crippen LogP contribution in [0.1, 0.15) is 52.4 Å². The molecule has 1 aliphatic carbocycles. The Morgan fingerprint density at radius 3 is 2.40 bits per heavy atom. The van der Waals surface area contributed by atoms with Gasteiger partial charge in [0.15, 0.2) is 0 Å². The third-order valence-corrected chi connectivity index (χ3v) is 3.58. The Kier molecular flexibility index (Phi) is 6.52. The van der Waals surface area contributed by atoms with Gasteiger partial charge in [0.2, 0.25) is 0 Å². The van der Waals surface area contributed by atoms with Crippen LogP contribution >= 0.6 is 0 Å². The van der Waals surface area contributed by atoms with Crippen LogP contribution in [0.5, 0.6) is 0 Å². The largest absolute Gasteiger partial charge is 0.316 e. The minimum atomic E-state index is 0.933. The van der Waals surface area contributed by atoms with E-state index < -0.39 is 0 Å².